The highest BCUT2D eigenvalue weighted by Crippen LogP contribution is 2.18. The molecular formula is C13H22N2O2S. The SMILES string of the molecule is CCCCS(=O)(=O)N[C@H](CC)c1ncccc1C. The summed E-state index contributed by atoms with van der Waals surface area (Å²) < 4.78 is 26.6. The van der Waals surface area contributed by atoms with Crippen molar-refractivity contribution in [3.05, 3.63) is 29.6 Å². The van der Waals surface area contributed by atoms with Crippen LogP contribution in [0.5, 0.6) is 0 Å². The zero-order chi connectivity index (χ0) is 13.6. The lowest BCUT2D eigenvalue weighted by atomic mass is 10.1. The number of unbranched alkanes of at least 4 members (excludes halogenated alkanes) is 1. The molecule has 0 aliphatic heterocycles. The van der Waals surface area contributed by atoms with Gasteiger partial charge in [-0.2, -0.15) is 0 Å². The molecule has 18 heavy (non-hydrogen) atoms. The Balaban J connectivity index is 2.83. The Morgan fingerprint density at radius 3 is 2.67 bits per heavy atom. The van der Waals surface area contributed by atoms with Crippen LogP contribution in [-0.4, -0.2) is 19.2 Å². The molecule has 0 radical (unpaired) electrons. The fraction of sp³-hybridized carbons (Fsp3) is 0.615. The van der Waals surface area contributed by atoms with Gasteiger partial charge in [0.1, 0.15) is 0 Å². The molecular weight excluding hydrogens is 248 g/mol. The molecule has 0 aliphatic carbocycles. The Morgan fingerprint density at radius 1 is 1.39 bits per heavy atom. The van der Waals surface area contributed by atoms with Crippen LogP contribution in [0.3, 0.4) is 0 Å². The van der Waals surface area contributed by atoms with E-state index in [1.165, 1.54) is 0 Å². The van der Waals surface area contributed by atoms with Gasteiger partial charge in [0, 0.05) is 6.20 Å². The van der Waals surface area contributed by atoms with Crippen LogP contribution in [0.2, 0.25) is 0 Å². The molecule has 1 rings (SSSR count). The van der Waals surface area contributed by atoms with Crippen LogP contribution in [0.1, 0.15) is 50.4 Å². The highest BCUT2D eigenvalue weighted by atomic mass is 32.2. The second-order valence-corrected chi connectivity index (χ2v) is 6.33. The van der Waals surface area contributed by atoms with Crippen LogP contribution in [0.15, 0.2) is 18.3 Å². The first kappa shape index (κ1) is 15.1. The van der Waals surface area contributed by atoms with Gasteiger partial charge in [-0.1, -0.05) is 26.3 Å². The van der Waals surface area contributed by atoms with Crippen molar-refractivity contribution in [2.24, 2.45) is 0 Å². The van der Waals surface area contributed by atoms with Crippen molar-refractivity contribution in [2.75, 3.05) is 5.75 Å². The maximum Gasteiger partial charge on any atom is 0.212 e. The molecule has 102 valence electrons. The second-order valence-electron chi connectivity index (χ2n) is 4.46. The summed E-state index contributed by atoms with van der Waals surface area (Å²) in [7, 11) is -3.21. The summed E-state index contributed by atoms with van der Waals surface area (Å²) in [5.41, 5.74) is 1.84. The molecule has 5 heteroatoms. The van der Waals surface area contributed by atoms with E-state index in [9.17, 15) is 8.42 Å². The number of hydrogen-bond acceptors (Lipinski definition) is 3. The minimum absolute atomic E-state index is 0.186. The number of rotatable bonds is 7. The number of hydrogen-bond donors (Lipinski definition) is 1. The standard InChI is InChI=1S/C13H22N2O2S/c1-4-6-10-18(16,17)15-12(5-2)13-11(3)8-7-9-14-13/h7-9,12,15H,4-6,10H2,1-3H3/t12-/m1/s1. The topological polar surface area (TPSA) is 59.1 Å². The van der Waals surface area contributed by atoms with Gasteiger partial charge in [0.15, 0.2) is 0 Å². The van der Waals surface area contributed by atoms with E-state index >= 15 is 0 Å². The van der Waals surface area contributed by atoms with Crippen molar-refractivity contribution in [3.63, 3.8) is 0 Å². The molecule has 1 atom stereocenters. The average molecular weight is 270 g/mol. The van der Waals surface area contributed by atoms with E-state index in [0.29, 0.717) is 12.8 Å². The number of nitrogens with one attached hydrogen (secondary N) is 1. The zero-order valence-corrected chi connectivity index (χ0v) is 12.1. The quantitative estimate of drug-likeness (QED) is 0.828. The summed E-state index contributed by atoms with van der Waals surface area (Å²) in [6.45, 7) is 5.89. The minimum atomic E-state index is -3.21. The molecule has 0 aromatic carbocycles. The predicted octanol–water partition coefficient (Wildman–Crippen LogP) is 2.56. The molecule has 1 N–H and O–H groups in total. The van der Waals surface area contributed by atoms with Crippen molar-refractivity contribution in [1.82, 2.24) is 9.71 Å². The van der Waals surface area contributed by atoms with Gasteiger partial charge in [-0.3, -0.25) is 4.98 Å². The zero-order valence-electron chi connectivity index (χ0n) is 11.3. The number of pyridine rings is 1. The lowest BCUT2D eigenvalue weighted by Gasteiger charge is -2.18. The Hall–Kier alpha value is -0.940. The summed E-state index contributed by atoms with van der Waals surface area (Å²) in [5, 5.41) is 0. The van der Waals surface area contributed by atoms with E-state index < -0.39 is 10.0 Å². The number of aromatic nitrogens is 1. The third-order valence-electron chi connectivity index (χ3n) is 2.88. The Kier molecular flexibility index (Phi) is 5.75. The molecule has 0 aliphatic rings. The molecule has 1 aromatic heterocycles. The van der Waals surface area contributed by atoms with Crippen LogP contribution < -0.4 is 4.72 Å². The van der Waals surface area contributed by atoms with Crippen molar-refractivity contribution in [2.45, 2.75) is 46.1 Å². The Labute approximate surface area is 110 Å². The largest absolute Gasteiger partial charge is 0.259 e. The molecule has 0 bridgehead atoms. The normalized spacial score (nSPS) is 13.5. The molecule has 0 unspecified atom stereocenters. The van der Waals surface area contributed by atoms with Crippen LogP contribution in [0.4, 0.5) is 0 Å². The van der Waals surface area contributed by atoms with E-state index in [2.05, 4.69) is 9.71 Å². The first-order chi connectivity index (χ1) is 8.50. The molecule has 0 spiro atoms. The van der Waals surface area contributed by atoms with E-state index in [-0.39, 0.29) is 11.8 Å². The van der Waals surface area contributed by atoms with Crippen LogP contribution >= 0.6 is 0 Å². The summed E-state index contributed by atoms with van der Waals surface area (Å²) >= 11 is 0. The van der Waals surface area contributed by atoms with Crippen molar-refractivity contribution in [3.8, 4) is 0 Å². The maximum atomic E-state index is 11.9. The molecule has 1 heterocycles. The molecule has 4 nitrogen and oxygen atoms in total. The van der Waals surface area contributed by atoms with E-state index in [1.54, 1.807) is 6.20 Å². The van der Waals surface area contributed by atoms with E-state index in [4.69, 9.17) is 0 Å². The highest BCUT2D eigenvalue weighted by Gasteiger charge is 2.19. The fourth-order valence-corrected chi connectivity index (χ4v) is 3.30. The lowest BCUT2D eigenvalue weighted by molar-refractivity contribution is 0.541. The van der Waals surface area contributed by atoms with Crippen molar-refractivity contribution >= 4 is 10.0 Å². The number of aryl methyl sites for hydroxylation is 1. The van der Waals surface area contributed by atoms with Crippen LogP contribution in [-0.2, 0) is 10.0 Å². The molecule has 0 amide bonds. The summed E-state index contributed by atoms with van der Waals surface area (Å²) in [5.74, 6) is 0.186. The van der Waals surface area contributed by atoms with Crippen molar-refractivity contribution in [1.29, 1.82) is 0 Å². The summed E-state index contributed by atoms with van der Waals surface area (Å²) in [6.07, 6.45) is 3.96. The fourth-order valence-electron chi connectivity index (χ4n) is 1.81. The molecule has 0 fully saturated rings. The third-order valence-corrected chi connectivity index (χ3v) is 4.35. The van der Waals surface area contributed by atoms with Gasteiger partial charge >= 0.3 is 0 Å². The molecule has 1 aromatic rings. The monoisotopic (exact) mass is 270 g/mol. The Bertz CT molecular complexity index is 472. The van der Waals surface area contributed by atoms with Crippen LogP contribution in [0, 0.1) is 6.92 Å². The Morgan fingerprint density at radius 2 is 2.11 bits per heavy atom. The predicted molar refractivity (Wildman–Crippen MR) is 73.8 cm³/mol. The van der Waals surface area contributed by atoms with E-state index in [1.807, 2.05) is 32.9 Å². The maximum absolute atomic E-state index is 11.9. The van der Waals surface area contributed by atoms with Gasteiger partial charge in [0.2, 0.25) is 10.0 Å². The first-order valence-corrected chi connectivity index (χ1v) is 8.07. The van der Waals surface area contributed by atoms with Gasteiger partial charge in [-0.15, -0.1) is 0 Å². The van der Waals surface area contributed by atoms with Crippen LogP contribution in [0.25, 0.3) is 0 Å². The van der Waals surface area contributed by atoms with Gasteiger partial charge in [0.25, 0.3) is 0 Å². The van der Waals surface area contributed by atoms with Gasteiger partial charge in [-0.25, -0.2) is 13.1 Å². The van der Waals surface area contributed by atoms with Crippen molar-refractivity contribution < 1.29 is 8.42 Å². The second kappa shape index (κ2) is 6.85. The smallest absolute Gasteiger partial charge is 0.212 e. The highest BCUT2D eigenvalue weighted by molar-refractivity contribution is 7.89. The number of nitrogens with zero attached hydrogens (tertiary/aromatic N) is 1. The van der Waals surface area contributed by atoms with Gasteiger partial charge < -0.3 is 0 Å². The molecule has 0 saturated carbocycles. The summed E-state index contributed by atoms with van der Waals surface area (Å²) in [6, 6.07) is 3.58. The van der Waals surface area contributed by atoms with E-state index in [0.717, 1.165) is 17.7 Å². The number of sulfonamides is 1. The molecule has 0 saturated heterocycles. The lowest BCUT2D eigenvalue weighted by Crippen LogP contribution is -2.31. The van der Waals surface area contributed by atoms with Gasteiger partial charge in [-0.05, 0) is 31.4 Å². The minimum Gasteiger partial charge on any atom is -0.259 e. The summed E-state index contributed by atoms with van der Waals surface area (Å²) in [4.78, 5) is 4.29. The first-order valence-electron chi connectivity index (χ1n) is 6.41. The average Bonchev–Trinajstić information content (AvgIpc) is 2.34. The van der Waals surface area contributed by atoms with Gasteiger partial charge in [0.05, 0.1) is 17.5 Å². The third kappa shape index (κ3) is 4.38.